The van der Waals surface area contributed by atoms with E-state index in [-0.39, 0.29) is 15.3 Å². The maximum Gasteiger partial charge on any atom is 0.293 e. The van der Waals surface area contributed by atoms with Crippen LogP contribution in [0.1, 0.15) is 25.7 Å². The molecule has 0 radical (unpaired) electrons. The Kier molecular flexibility index (Phi) is 5.37. The summed E-state index contributed by atoms with van der Waals surface area (Å²) in [5.41, 5.74) is 0.338. The van der Waals surface area contributed by atoms with Crippen LogP contribution in [0.2, 0.25) is 0 Å². The number of hydrogen-bond acceptors (Lipinski definition) is 4. The molecule has 1 N–H and O–H groups in total. The summed E-state index contributed by atoms with van der Waals surface area (Å²) in [6.07, 6.45) is 3.97. The fourth-order valence-electron chi connectivity index (χ4n) is 2.90. The second-order valence-corrected chi connectivity index (χ2v) is 6.58. The number of anilines is 1. The van der Waals surface area contributed by atoms with Gasteiger partial charge in [-0.2, -0.15) is 0 Å². The molecule has 1 saturated carbocycles. The molecule has 116 valence electrons. The Labute approximate surface area is 137 Å². The average Bonchev–Trinajstić information content (AvgIpc) is 2.48. The molecule has 0 amide bonds. The standard InChI is InChI=1S/C14H19FIN3O2/c1-17-9-3-5-10(6-4-9)18(2)13-7-11(15)12(16)8-14(13)19(20)21/h7-10,17H,3-6H2,1-2H3. The molecule has 0 saturated heterocycles. The van der Waals surface area contributed by atoms with Crippen LogP contribution in [0.4, 0.5) is 15.8 Å². The van der Waals surface area contributed by atoms with Crippen molar-refractivity contribution in [1.82, 2.24) is 5.32 Å². The summed E-state index contributed by atoms with van der Waals surface area (Å²) in [7, 11) is 3.77. The van der Waals surface area contributed by atoms with Gasteiger partial charge < -0.3 is 10.2 Å². The van der Waals surface area contributed by atoms with E-state index in [1.54, 1.807) is 22.6 Å². The number of nitro groups is 1. The molecule has 0 aliphatic heterocycles. The van der Waals surface area contributed by atoms with Gasteiger partial charge in [-0.3, -0.25) is 10.1 Å². The van der Waals surface area contributed by atoms with Crippen molar-refractivity contribution in [3.05, 3.63) is 31.6 Å². The van der Waals surface area contributed by atoms with E-state index in [0.717, 1.165) is 25.7 Å². The van der Waals surface area contributed by atoms with Crippen molar-refractivity contribution in [2.24, 2.45) is 0 Å². The number of nitro benzene ring substituents is 1. The molecule has 0 unspecified atom stereocenters. The smallest absolute Gasteiger partial charge is 0.293 e. The lowest BCUT2D eigenvalue weighted by Crippen LogP contribution is -2.40. The van der Waals surface area contributed by atoms with E-state index in [0.29, 0.717) is 11.7 Å². The van der Waals surface area contributed by atoms with Gasteiger partial charge in [-0.1, -0.05) is 0 Å². The Morgan fingerprint density at radius 2 is 2.00 bits per heavy atom. The van der Waals surface area contributed by atoms with Gasteiger partial charge in [0.25, 0.3) is 5.69 Å². The van der Waals surface area contributed by atoms with Crippen LogP contribution < -0.4 is 10.2 Å². The quantitative estimate of drug-likeness (QED) is 0.473. The third-order valence-corrected chi connectivity index (χ3v) is 5.07. The molecule has 0 bridgehead atoms. The summed E-state index contributed by atoms with van der Waals surface area (Å²) in [4.78, 5) is 12.6. The van der Waals surface area contributed by atoms with Crippen molar-refractivity contribution in [3.63, 3.8) is 0 Å². The summed E-state index contributed by atoms with van der Waals surface area (Å²) in [5.74, 6) is -0.410. The molecular formula is C14H19FIN3O2. The molecule has 0 spiro atoms. The van der Waals surface area contributed by atoms with Crippen LogP contribution in [0.25, 0.3) is 0 Å². The molecule has 1 aliphatic rings. The van der Waals surface area contributed by atoms with Crippen LogP contribution in [-0.2, 0) is 0 Å². The summed E-state index contributed by atoms with van der Waals surface area (Å²) in [5, 5.41) is 14.5. The lowest BCUT2D eigenvalue weighted by Gasteiger charge is -2.35. The van der Waals surface area contributed by atoms with E-state index in [9.17, 15) is 14.5 Å². The molecule has 7 heteroatoms. The molecule has 0 aromatic heterocycles. The number of benzene rings is 1. The summed E-state index contributed by atoms with van der Waals surface area (Å²) in [6.45, 7) is 0. The largest absolute Gasteiger partial charge is 0.366 e. The first-order chi connectivity index (χ1) is 9.93. The maximum absolute atomic E-state index is 13.8. The zero-order valence-electron chi connectivity index (χ0n) is 12.1. The minimum absolute atomic E-state index is 0.0287. The topological polar surface area (TPSA) is 58.4 Å². The SMILES string of the molecule is CNC1CCC(N(C)c2cc(F)c(I)cc2[N+](=O)[O-])CC1. The summed E-state index contributed by atoms with van der Waals surface area (Å²) in [6, 6.07) is 3.32. The van der Waals surface area contributed by atoms with Gasteiger partial charge in [-0.05, 0) is 55.3 Å². The van der Waals surface area contributed by atoms with Gasteiger partial charge >= 0.3 is 0 Å². The van der Waals surface area contributed by atoms with Crippen LogP contribution in [0.5, 0.6) is 0 Å². The van der Waals surface area contributed by atoms with Crippen molar-refractivity contribution in [2.75, 3.05) is 19.0 Å². The highest BCUT2D eigenvalue weighted by molar-refractivity contribution is 14.1. The maximum atomic E-state index is 13.8. The highest BCUT2D eigenvalue weighted by Crippen LogP contribution is 2.35. The van der Waals surface area contributed by atoms with Gasteiger partial charge in [0.15, 0.2) is 0 Å². The second kappa shape index (κ2) is 6.87. The fraction of sp³-hybridized carbons (Fsp3) is 0.571. The fourth-order valence-corrected chi connectivity index (χ4v) is 3.35. The van der Waals surface area contributed by atoms with Crippen molar-refractivity contribution in [1.29, 1.82) is 0 Å². The Morgan fingerprint density at radius 1 is 1.38 bits per heavy atom. The van der Waals surface area contributed by atoms with E-state index in [1.165, 1.54) is 12.1 Å². The van der Waals surface area contributed by atoms with Crippen LogP contribution >= 0.6 is 22.6 Å². The minimum atomic E-state index is -0.438. The molecule has 2 rings (SSSR count). The zero-order chi connectivity index (χ0) is 15.6. The lowest BCUT2D eigenvalue weighted by atomic mass is 9.90. The molecule has 1 aromatic carbocycles. The lowest BCUT2D eigenvalue weighted by molar-refractivity contribution is -0.384. The third-order valence-electron chi connectivity index (χ3n) is 4.25. The zero-order valence-corrected chi connectivity index (χ0v) is 14.3. The Balaban J connectivity index is 2.24. The van der Waals surface area contributed by atoms with Crippen molar-refractivity contribution < 1.29 is 9.31 Å². The van der Waals surface area contributed by atoms with E-state index in [1.807, 2.05) is 19.0 Å². The van der Waals surface area contributed by atoms with E-state index in [2.05, 4.69) is 5.32 Å². The first-order valence-corrected chi connectivity index (χ1v) is 8.05. The molecule has 1 aromatic rings. The highest BCUT2D eigenvalue weighted by Gasteiger charge is 2.28. The predicted octanol–water partition coefficient (Wildman–Crippen LogP) is 3.31. The van der Waals surface area contributed by atoms with Gasteiger partial charge in [0.05, 0.1) is 8.49 Å². The van der Waals surface area contributed by atoms with Crippen molar-refractivity contribution in [2.45, 2.75) is 37.8 Å². The first kappa shape index (κ1) is 16.4. The van der Waals surface area contributed by atoms with Crippen molar-refractivity contribution >= 4 is 34.0 Å². The van der Waals surface area contributed by atoms with Crippen LogP contribution in [0.15, 0.2) is 12.1 Å². The summed E-state index contributed by atoms with van der Waals surface area (Å²) >= 11 is 1.78. The molecule has 1 aliphatic carbocycles. The van der Waals surface area contributed by atoms with Crippen molar-refractivity contribution in [3.8, 4) is 0 Å². The van der Waals surface area contributed by atoms with Gasteiger partial charge in [0.1, 0.15) is 11.5 Å². The van der Waals surface area contributed by atoms with Gasteiger partial charge in [0.2, 0.25) is 0 Å². The van der Waals surface area contributed by atoms with Crippen LogP contribution in [0.3, 0.4) is 0 Å². The monoisotopic (exact) mass is 407 g/mol. The minimum Gasteiger partial charge on any atom is -0.366 e. The highest BCUT2D eigenvalue weighted by atomic mass is 127. The molecule has 0 heterocycles. The number of hydrogen-bond donors (Lipinski definition) is 1. The molecular weight excluding hydrogens is 388 g/mol. The van der Waals surface area contributed by atoms with Crippen LogP contribution in [0, 0.1) is 19.5 Å². The number of halogens is 2. The molecule has 1 fully saturated rings. The van der Waals surface area contributed by atoms with Gasteiger partial charge in [0, 0.05) is 31.3 Å². The Morgan fingerprint density at radius 3 is 2.52 bits per heavy atom. The second-order valence-electron chi connectivity index (χ2n) is 5.42. The number of rotatable bonds is 4. The Bertz CT molecular complexity index is 533. The van der Waals surface area contributed by atoms with Crippen LogP contribution in [-0.4, -0.2) is 31.1 Å². The molecule has 0 atom stereocenters. The van der Waals surface area contributed by atoms with Gasteiger partial charge in [-0.15, -0.1) is 0 Å². The third kappa shape index (κ3) is 3.63. The Hall–Kier alpha value is -0.960. The average molecular weight is 407 g/mol. The van der Waals surface area contributed by atoms with Gasteiger partial charge in [-0.25, -0.2) is 4.39 Å². The number of nitrogens with one attached hydrogen (secondary N) is 1. The first-order valence-electron chi connectivity index (χ1n) is 6.97. The predicted molar refractivity (Wildman–Crippen MR) is 89.3 cm³/mol. The van der Waals surface area contributed by atoms with E-state index < -0.39 is 10.7 Å². The summed E-state index contributed by atoms with van der Waals surface area (Å²) < 4.78 is 14.1. The normalized spacial score (nSPS) is 22.1. The van der Waals surface area contributed by atoms with E-state index in [4.69, 9.17) is 0 Å². The molecule has 5 nitrogen and oxygen atoms in total. The number of nitrogens with zero attached hydrogens (tertiary/aromatic N) is 2. The molecule has 21 heavy (non-hydrogen) atoms. The van der Waals surface area contributed by atoms with E-state index >= 15 is 0 Å².